The first kappa shape index (κ1) is 17.0. The Hall–Kier alpha value is -2.80. The summed E-state index contributed by atoms with van der Waals surface area (Å²) in [6.45, 7) is 0. The predicted octanol–water partition coefficient (Wildman–Crippen LogP) is 3.75. The number of ether oxygens (including phenoxy) is 1. The zero-order chi connectivity index (χ0) is 17.6. The van der Waals surface area contributed by atoms with Crippen molar-refractivity contribution in [3.63, 3.8) is 0 Å². The van der Waals surface area contributed by atoms with Gasteiger partial charge in [0, 0.05) is 23.8 Å². The fourth-order valence-corrected chi connectivity index (χ4v) is 3.00. The molecule has 0 aliphatic rings. The van der Waals surface area contributed by atoms with Gasteiger partial charge in [-0.2, -0.15) is 0 Å². The SMILES string of the molecule is COc1ccc(-n2ccnc2SCC(=O)Nc2cccc(F)c2)cc1. The monoisotopic (exact) mass is 357 g/mol. The summed E-state index contributed by atoms with van der Waals surface area (Å²) < 4.78 is 20.2. The molecule has 0 atom stereocenters. The molecule has 1 amide bonds. The van der Waals surface area contributed by atoms with Crippen molar-refractivity contribution in [3.8, 4) is 11.4 Å². The van der Waals surface area contributed by atoms with E-state index >= 15 is 0 Å². The fraction of sp³-hybridized carbons (Fsp3) is 0.111. The van der Waals surface area contributed by atoms with Crippen molar-refractivity contribution in [2.75, 3.05) is 18.2 Å². The third-order valence-corrected chi connectivity index (χ3v) is 4.36. The van der Waals surface area contributed by atoms with Gasteiger partial charge in [0.05, 0.1) is 12.9 Å². The van der Waals surface area contributed by atoms with Gasteiger partial charge in [0.1, 0.15) is 11.6 Å². The van der Waals surface area contributed by atoms with Crippen LogP contribution in [0.5, 0.6) is 5.75 Å². The third kappa shape index (κ3) is 4.39. The number of imidazole rings is 1. The van der Waals surface area contributed by atoms with E-state index in [1.54, 1.807) is 25.4 Å². The summed E-state index contributed by atoms with van der Waals surface area (Å²) in [5.41, 5.74) is 1.36. The molecule has 3 rings (SSSR count). The highest BCUT2D eigenvalue weighted by Crippen LogP contribution is 2.22. The molecule has 0 radical (unpaired) electrons. The zero-order valence-corrected chi connectivity index (χ0v) is 14.3. The Bertz CT molecular complexity index is 865. The van der Waals surface area contributed by atoms with Gasteiger partial charge in [-0.25, -0.2) is 9.37 Å². The molecule has 1 N–H and O–H groups in total. The molecule has 1 heterocycles. The smallest absolute Gasteiger partial charge is 0.234 e. The lowest BCUT2D eigenvalue weighted by Gasteiger charge is -2.09. The van der Waals surface area contributed by atoms with Gasteiger partial charge < -0.3 is 10.1 Å². The van der Waals surface area contributed by atoms with Crippen LogP contribution in [0, 0.1) is 5.82 Å². The summed E-state index contributed by atoms with van der Waals surface area (Å²) in [4.78, 5) is 16.3. The first-order chi connectivity index (χ1) is 12.2. The summed E-state index contributed by atoms with van der Waals surface area (Å²) in [5, 5.41) is 3.36. The molecule has 0 aliphatic carbocycles. The zero-order valence-electron chi connectivity index (χ0n) is 13.5. The van der Waals surface area contributed by atoms with E-state index in [-0.39, 0.29) is 17.5 Å². The van der Waals surface area contributed by atoms with E-state index in [1.807, 2.05) is 35.0 Å². The number of hydrogen-bond donors (Lipinski definition) is 1. The number of hydrogen-bond acceptors (Lipinski definition) is 4. The summed E-state index contributed by atoms with van der Waals surface area (Å²) in [6.07, 6.45) is 3.51. The quantitative estimate of drug-likeness (QED) is 0.683. The number of carbonyl (C=O) groups excluding carboxylic acids is 1. The Morgan fingerprint density at radius 2 is 2.08 bits per heavy atom. The maximum absolute atomic E-state index is 13.1. The van der Waals surface area contributed by atoms with Gasteiger partial charge in [0.15, 0.2) is 5.16 Å². The highest BCUT2D eigenvalue weighted by Gasteiger charge is 2.10. The number of amides is 1. The second-order valence-corrected chi connectivity index (χ2v) is 6.07. The van der Waals surface area contributed by atoms with Crippen molar-refractivity contribution < 1.29 is 13.9 Å². The van der Waals surface area contributed by atoms with Crippen LogP contribution in [0.3, 0.4) is 0 Å². The summed E-state index contributed by atoms with van der Waals surface area (Å²) in [5.74, 6) is 0.330. The maximum Gasteiger partial charge on any atom is 0.234 e. The number of benzene rings is 2. The van der Waals surface area contributed by atoms with Gasteiger partial charge in [-0.1, -0.05) is 17.8 Å². The summed E-state index contributed by atoms with van der Waals surface area (Å²) in [7, 11) is 1.62. The van der Waals surface area contributed by atoms with E-state index in [4.69, 9.17) is 4.74 Å². The molecule has 3 aromatic rings. The lowest BCUT2D eigenvalue weighted by Crippen LogP contribution is -2.14. The van der Waals surface area contributed by atoms with Gasteiger partial charge >= 0.3 is 0 Å². The molecular weight excluding hydrogens is 341 g/mol. The molecule has 0 spiro atoms. The van der Waals surface area contributed by atoms with E-state index in [1.165, 1.54) is 23.9 Å². The van der Waals surface area contributed by atoms with Crippen LogP contribution in [0.25, 0.3) is 5.69 Å². The normalized spacial score (nSPS) is 10.5. The number of halogens is 1. The Morgan fingerprint density at radius 1 is 1.28 bits per heavy atom. The molecule has 128 valence electrons. The van der Waals surface area contributed by atoms with Gasteiger partial charge in [-0.05, 0) is 42.5 Å². The molecule has 0 bridgehead atoms. The van der Waals surface area contributed by atoms with Crippen LogP contribution >= 0.6 is 11.8 Å². The standard InChI is InChI=1S/C18H16FN3O2S/c1-24-16-7-5-15(6-8-16)22-10-9-20-18(22)25-12-17(23)21-14-4-2-3-13(19)11-14/h2-11H,12H2,1H3,(H,21,23). The first-order valence-corrected chi connectivity index (χ1v) is 8.50. The average molecular weight is 357 g/mol. The maximum atomic E-state index is 13.1. The highest BCUT2D eigenvalue weighted by atomic mass is 32.2. The molecule has 0 aliphatic heterocycles. The van der Waals surface area contributed by atoms with Crippen molar-refractivity contribution in [1.29, 1.82) is 0 Å². The van der Waals surface area contributed by atoms with Gasteiger partial charge in [0.25, 0.3) is 0 Å². The average Bonchev–Trinajstić information content (AvgIpc) is 3.08. The number of carbonyl (C=O) groups is 1. The molecule has 25 heavy (non-hydrogen) atoms. The largest absolute Gasteiger partial charge is 0.497 e. The molecule has 1 aromatic heterocycles. The second kappa shape index (κ2) is 7.85. The number of methoxy groups -OCH3 is 1. The van der Waals surface area contributed by atoms with Crippen molar-refractivity contribution >= 4 is 23.4 Å². The van der Waals surface area contributed by atoms with Crippen LogP contribution in [-0.2, 0) is 4.79 Å². The second-order valence-electron chi connectivity index (χ2n) is 5.13. The molecule has 2 aromatic carbocycles. The number of aromatic nitrogens is 2. The minimum Gasteiger partial charge on any atom is -0.497 e. The van der Waals surface area contributed by atoms with E-state index in [9.17, 15) is 9.18 Å². The lowest BCUT2D eigenvalue weighted by molar-refractivity contribution is -0.113. The molecule has 0 fully saturated rings. The Kier molecular flexibility index (Phi) is 5.35. The van der Waals surface area contributed by atoms with Gasteiger partial charge in [-0.15, -0.1) is 0 Å². The van der Waals surface area contributed by atoms with E-state index in [2.05, 4.69) is 10.3 Å². The summed E-state index contributed by atoms with van der Waals surface area (Å²) in [6, 6.07) is 13.4. The molecular formula is C18H16FN3O2S. The summed E-state index contributed by atoms with van der Waals surface area (Å²) >= 11 is 1.30. The van der Waals surface area contributed by atoms with Gasteiger partial charge in [0.2, 0.25) is 5.91 Å². The molecule has 5 nitrogen and oxygen atoms in total. The van der Waals surface area contributed by atoms with Gasteiger partial charge in [-0.3, -0.25) is 9.36 Å². The van der Waals surface area contributed by atoms with E-state index in [0.717, 1.165) is 11.4 Å². The number of rotatable bonds is 6. The predicted molar refractivity (Wildman–Crippen MR) is 95.9 cm³/mol. The number of anilines is 1. The topological polar surface area (TPSA) is 56.2 Å². The molecule has 0 saturated carbocycles. The third-order valence-electron chi connectivity index (χ3n) is 3.40. The lowest BCUT2D eigenvalue weighted by atomic mass is 10.3. The Balaban J connectivity index is 1.64. The number of nitrogens with zero attached hydrogens (tertiary/aromatic N) is 2. The number of nitrogens with one attached hydrogen (secondary N) is 1. The Labute approximate surface area is 148 Å². The van der Waals surface area contributed by atoms with Crippen LogP contribution < -0.4 is 10.1 Å². The minimum absolute atomic E-state index is 0.170. The van der Waals surface area contributed by atoms with Crippen LogP contribution in [0.15, 0.2) is 66.1 Å². The first-order valence-electron chi connectivity index (χ1n) is 7.52. The number of thioether (sulfide) groups is 1. The van der Waals surface area contributed by atoms with Crippen molar-refractivity contribution in [2.45, 2.75) is 5.16 Å². The molecule has 0 unspecified atom stereocenters. The van der Waals surface area contributed by atoms with Crippen LogP contribution in [0.2, 0.25) is 0 Å². The fourth-order valence-electron chi connectivity index (χ4n) is 2.23. The molecule has 0 saturated heterocycles. The van der Waals surface area contributed by atoms with Crippen LogP contribution in [0.4, 0.5) is 10.1 Å². The van der Waals surface area contributed by atoms with Crippen molar-refractivity contribution in [3.05, 3.63) is 66.7 Å². The molecule has 7 heteroatoms. The highest BCUT2D eigenvalue weighted by molar-refractivity contribution is 7.99. The van der Waals surface area contributed by atoms with Crippen molar-refractivity contribution in [2.24, 2.45) is 0 Å². The van der Waals surface area contributed by atoms with E-state index < -0.39 is 0 Å². The van der Waals surface area contributed by atoms with E-state index in [0.29, 0.717) is 10.8 Å². The van der Waals surface area contributed by atoms with Crippen LogP contribution in [-0.4, -0.2) is 28.3 Å². The minimum atomic E-state index is -0.388. The van der Waals surface area contributed by atoms with Crippen LogP contribution in [0.1, 0.15) is 0 Å². The Morgan fingerprint density at radius 3 is 2.80 bits per heavy atom. The van der Waals surface area contributed by atoms with Crippen molar-refractivity contribution in [1.82, 2.24) is 9.55 Å².